The highest BCUT2D eigenvalue weighted by atomic mass is 19.1. The van der Waals surface area contributed by atoms with Crippen molar-refractivity contribution in [3.05, 3.63) is 65.0 Å². The summed E-state index contributed by atoms with van der Waals surface area (Å²) in [5, 5.41) is 9.98. The maximum atomic E-state index is 15.8. The van der Waals surface area contributed by atoms with E-state index in [-0.39, 0.29) is 23.5 Å². The monoisotopic (exact) mass is 577 g/mol. The number of hydrogen-bond donors (Lipinski definition) is 1. The number of carboxylic acid groups (broad SMARTS) is 1. The summed E-state index contributed by atoms with van der Waals surface area (Å²) in [6.45, 7) is 3.59. The Labute approximate surface area is 246 Å². The van der Waals surface area contributed by atoms with Gasteiger partial charge in [-0.05, 0) is 98.1 Å². The predicted octanol–water partition coefficient (Wildman–Crippen LogP) is 7.19. The second kappa shape index (κ2) is 11.3. The van der Waals surface area contributed by atoms with Gasteiger partial charge in [0.15, 0.2) is 0 Å². The zero-order valence-electron chi connectivity index (χ0n) is 24.4. The van der Waals surface area contributed by atoms with Crippen LogP contribution in [0.2, 0.25) is 0 Å². The van der Waals surface area contributed by atoms with Crippen molar-refractivity contribution in [2.24, 2.45) is 29.1 Å². The number of aliphatic carboxylic acids is 1. The van der Waals surface area contributed by atoms with E-state index in [0.29, 0.717) is 22.8 Å². The van der Waals surface area contributed by atoms with Crippen molar-refractivity contribution in [2.75, 3.05) is 6.61 Å². The number of carboxylic acids is 1. The van der Waals surface area contributed by atoms with Crippen LogP contribution in [0.3, 0.4) is 0 Å². The minimum atomic E-state index is -1.53. The highest BCUT2D eigenvalue weighted by molar-refractivity contribution is 6.06. The molecule has 0 spiro atoms. The first-order valence-corrected chi connectivity index (χ1v) is 15.4. The Morgan fingerprint density at radius 3 is 2.17 bits per heavy atom. The fourth-order valence-electron chi connectivity index (χ4n) is 8.21. The number of ether oxygens (including phenoxy) is 2. The molecule has 2 amide bonds. The van der Waals surface area contributed by atoms with Gasteiger partial charge in [-0.2, -0.15) is 0 Å². The lowest BCUT2D eigenvalue weighted by Crippen LogP contribution is -2.51. The van der Waals surface area contributed by atoms with E-state index in [2.05, 4.69) is 0 Å². The van der Waals surface area contributed by atoms with Crippen molar-refractivity contribution in [3.8, 4) is 5.75 Å². The van der Waals surface area contributed by atoms with Crippen molar-refractivity contribution >= 4 is 18.0 Å². The van der Waals surface area contributed by atoms with Gasteiger partial charge >= 0.3 is 12.1 Å². The van der Waals surface area contributed by atoms with Crippen LogP contribution >= 0.6 is 0 Å². The van der Waals surface area contributed by atoms with Gasteiger partial charge in [-0.15, -0.1) is 0 Å². The van der Waals surface area contributed by atoms with Crippen LogP contribution in [0.25, 0.3) is 0 Å². The largest absolute Gasteiger partial charge is 0.493 e. The Morgan fingerprint density at radius 1 is 1.00 bits per heavy atom. The maximum Gasteiger partial charge on any atom is 0.417 e. The van der Waals surface area contributed by atoms with E-state index in [1.807, 2.05) is 6.07 Å². The molecule has 2 aromatic rings. The van der Waals surface area contributed by atoms with Gasteiger partial charge in [0, 0.05) is 11.5 Å². The summed E-state index contributed by atoms with van der Waals surface area (Å²) in [5.74, 6) is -0.944. The Kier molecular flexibility index (Phi) is 7.75. The molecule has 0 radical (unpaired) electrons. The number of carbonyl (C=O) groups is 3. The summed E-state index contributed by atoms with van der Waals surface area (Å²) < 4.78 is 27.5. The van der Waals surface area contributed by atoms with Gasteiger partial charge in [0.05, 0.1) is 12.2 Å². The van der Waals surface area contributed by atoms with E-state index in [4.69, 9.17) is 9.47 Å². The number of benzene rings is 2. The summed E-state index contributed by atoms with van der Waals surface area (Å²) in [5.41, 5.74) is 1.23. The molecular formula is C34H40FNO6. The highest BCUT2D eigenvalue weighted by Gasteiger charge is 2.51. The molecule has 42 heavy (non-hydrogen) atoms. The van der Waals surface area contributed by atoms with E-state index >= 15 is 4.39 Å². The van der Waals surface area contributed by atoms with Crippen LogP contribution in [0.4, 0.5) is 9.18 Å². The number of hydrogen-bond acceptors (Lipinski definition) is 5. The molecule has 0 unspecified atom stereocenters. The third kappa shape index (κ3) is 5.77. The van der Waals surface area contributed by atoms with Crippen molar-refractivity contribution in [1.29, 1.82) is 0 Å². The van der Waals surface area contributed by atoms with Gasteiger partial charge < -0.3 is 14.6 Å². The fourth-order valence-corrected chi connectivity index (χ4v) is 8.21. The summed E-state index contributed by atoms with van der Waals surface area (Å²) in [4.78, 5) is 39.9. The smallest absolute Gasteiger partial charge is 0.417 e. The summed E-state index contributed by atoms with van der Waals surface area (Å²) in [6, 6.07) is 10.1. The number of rotatable bonds is 10. The number of halogens is 1. The van der Waals surface area contributed by atoms with Gasteiger partial charge in [0.2, 0.25) is 0 Å². The van der Waals surface area contributed by atoms with Crippen molar-refractivity contribution in [1.82, 2.24) is 4.90 Å². The SMILES string of the molecule is CC(C)[C@@H](C(=O)O)N(C(=O)OCc1ccccc1)C(=O)c1cc(C2CC2)c(OCC23CC4CC(CC(C4)C2)C3)cc1F. The molecule has 0 heterocycles. The maximum absolute atomic E-state index is 15.8. The summed E-state index contributed by atoms with van der Waals surface area (Å²) in [7, 11) is 0. The minimum absolute atomic E-state index is 0.141. The topological polar surface area (TPSA) is 93.1 Å². The Hall–Kier alpha value is -3.42. The van der Waals surface area contributed by atoms with Gasteiger partial charge in [-0.1, -0.05) is 44.2 Å². The van der Waals surface area contributed by atoms with E-state index in [9.17, 15) is 19.5 Å². The zero-order chi connectivity index (χ0) is 29.6. The molecule has 8 heteroatoms. The molecule has 0 aromatic heterocycles. The van der Waals surface area contributed by atoms with Crippen molar-refractivity contribution in [3.63, 3.8) is 0 Å². The molecule has 7 rings (SSSR count). The molecule has 4 bridgehead atoms. The van der Waals surface area contributed by atoms with Crippen molar-refractivity contribution < 1.29 is 33.4 Å². The Balaban J connectivity index is 1.26. The van der Waals surface area contributed by atoms with Crippen LogP contribution in [0.15, 0.2) is 42.5 Å². The lowest BCUT2D eigenvalue weighted by molar-refractivity contribution is -0.143. The van der Waals surface area contributed by atoms with E-state index in [0.717, 1.165) is 36.2 Å². The number of carbonyl (C=O) groups excluding carboxylic acids is 2. The predicted molar refractivity (Wildman–Crippen MR) is 154 cm³/mol. The third-order valence-electron chi connectivity index (χ3n) is 9.83. The molecule has 0 aliphatic heterocycles. The molecule has 224 valence electrons. The molecule has 5 saturated carbocycles. The quantitative estimate of drug-likeness (QED) is 0.321. The second-order valence-corrected chi connectivity index (χ2v) is 13.6. The van der Waals surface area contributed by atoms with E-state index in [1.54, 1.807) is 38.1 Å². The number of nitrogens with zero attached hydrogens (tertiary/aromatic N) is 1. The Morgan fingerprint density at radius 2 is 1.62 bits per heavy atom. The lowest BCUT2D eigenvalue weighted by atomic mass is 9.50. The van der Waals surface area contributed by atoms with Gasteiger partial charge in [-0.3, -0.25) is 4.79 Å². The third-order valence-corrected chi connectivity index (χ3v) is 9.83. The first-order valence-electron chi connectivity index (χ1n) is 15.4. The first kappa shape index (κ1) is 28.7. The molecule has 1 N–H and O–H groups in total. The van der Waals surface area contributed by atoms with Crippen LogP contribution in [-0.4, -0.2) is 40.6 Å². The Bertz CT molecular complexity index is 1320. The zero-order valence-corrected chi connectivity index (χ0v) is 24.4. The fraction of sp³-hybridized carbons (Fsp3) is 0.559. The van der Waals surface area contributed by atoms with Crippen LogP contribution in [0, 0.1) is 34.9 Å². The van der Waals surface area contributed by atoms with Gasteiger partial charge in [-0.25, -0.2) is 18.9 Å². The molecule has 7 nitrogen and oxygen atoms in total. The number of amides is 2. The molecule has 5 aliphatic rings. The summed E-state index contributed by atoms with van der Waals surface area (Å²) in [6.07, 6.45) is 8.18. The summed E-state index contributed by atoms with van der Waals surface area (Å²) >= 11 is 0. The first-order chi connectivity index (χ1) is 20.1. The molecule has 5 aliphatic carbocycles. The number of imide groups is 1. The molecular weight excluding hydrogens is 537 g/mol. The standard InChI is InChI=1S/C34H40FNO6/c1-20(2)30(32(38)39)36(33(40)41-18-21-6-4-3-5-7-21)31(37)27-13-26(25-8-9-25)29(14-28(27)35)42-19-34-15-22-10-23(16-34)12-24(11-22)17-34/h3-7,13-14,20,22-25,30H,8-12,15-19H2,1-2H3,(H,38,39)/t22?,23?,24?,30-,34?/m0/s1. The highest BCUT2D eigenvalue weighted by Crippen LogP contribution is 2.60. The lowest BCUT2D eigenvalue weighted by Gasteiger charge is -2.56. The van der Waals surface area contributed by atoms with Crippen LogP contribution in [0.1, 0.15) is 92.6 Å². The molecule has 0 saturated heterocycles. The van der Waals surface area contributed by atoms with Gasteiger partial charge in [0.1, 0.15) is 24.2 Å². The molecule has 5 fully saturated rings. The second-order valence-electron chi connectivity index (χ2n) is 13.6. The van der Waals surface area contributed by atoms with Crippen molar-refractivity contribution in [2.45, 2.75) is 83.8 Å². The van der Waals surface area contributed by atoms with E-state index < -0.39 is 35.7 Å². The van der Waals surface area contributed by atoms with Crippen LogP contribution in [-0.2, 0) is 16.1 Å². The molecule has 1 atom stereocenters. The average Bonchev–Trinajstić information content (AvgIpc) is 3.78. The van der Waals surface area contributed by atoms with E-state index in [1.165, 1.54) is 50.7 Å². The van der Waals surface area contributed by atoms with Crippen LogP contribution in [0.5, 0.6) is 5.75 Å². The van der Waals surface area contributed by atoms with Gasteiger partial charge in [0.25, 0.3) is 5.91 Å². The molecule has 2 aromatic carbocycles. The minimum Gasteiger partial charge on any atom is -0.493 e. The van der Waals surface area contributed by atoms with Crippen LogP contribution < -0.4 is 4.74 Å². The normalized spacial score (nSPS) is 26.6. The average molecular weight is 578 g/mol.